The zero-order valence-corrected chi connectivity index (χ0v) is 16.2. The van der Waals surface area contributed by atoms with Crippen molar-refractivity contribution < 1.29 is 13.2 Å². The highest BCUT2D eigenvalue weighted by Crippen LogP contribution is 2.40. The molecule has 27 heavy (non-hydrogen) atoms. The molecule has 1 aliphatic heterocycles. The van der Waals surface area contributed by atoms with E-state index in [9.17, 15) is 13.2 Å². The highest BCUT2D eigenvalue weighted by atomic mass is 32.2. The molecule has 2 heterocycles. The van der Waals surface area contributed by atoms with Crippen molar-refractivity contribution in [3.63, 3.8) is 0 Å². The standard InChI is InChI=1S/C18H23N5O3S/c1-3-18(4-2)9-11-23(16(18)24)15-8-10-20-17(22-15)21-13-6-5-7-14(12-13)27(19,25)26/h5-8,10,12H,3-4,9,11H2,1-2H3,(H2,19,25,26)(H,20,21,22). The van der Waals surface area contributed by atoms with Gasteiger partial charge < -0.3 is 5.32 Å². The van der Waals surface area contributed by atoms with E-state index in [1.54, 1.807) is 29.3 Å². The monoisotopic (exact) mass is 389 g/mol. The molecule has 0 bridgehead atoms. The number of anilines is 3. The molecule has 0 atom stereocenters. The molecule has 1 aromatic carbocycles. The zero-order chi connectivity index (χ0) is 19.7. The summed E-state index contributed by atoms with van der Waals surface area (Å²) in [5.41, 5.74) is 0.172. The first-order valence-corrected chi connectivity index (χ1v) is 10.4. The summed E-state index contributed by atoms with van der Waals surface area (Å²) in [6, 6.07) is 7.78. The quantitative estimate of drug-likeness (QED) is 0.783. The lowest BCUT2D eigenvalue weighted by Gasteiger charge is -2.24. The molecular formula is C18H23N5O3S. The van der Waals surface area contributed by atoms with Gasteiger partial charge >= 0.3 is 0 Å². The first-order valence-electron chi connectivity index (χ1n) is 8.84. The largest absolute Gasteiger partial charge is 0.324 e. The Morgan fingerprint density at radius 1 is 1.26 bits per heavy atom. The van der Waals surface area contributed by atoms with Gasteiger partial charge in [-0.05, 0) is 43.5 Å². The highest BCUT2D eigenvalue weighted by Gasteiger charge is 2.44. The highest BCUT2D eigenvalue weighted by molar-refractivity contribution is 7.89. The smallest absolute Gasteiger partial charge is 0.238 e. The van der Waals surface area contributed by atoms with E-state index in [1.807, 2.05) is 13.8 Å². The number of benzene rings is 1. The Morgan fingerprint density at radius 2 is 2.00 bits per heavy atom. The molecule has 3 N–H and O–H groups in total. The van der Waals surface area contributed by atoms with Crippen molar-refractivity contribution >= 4 is 33.4 Å². The first kappa shape index (κ1) is 19.2. The minimum Gasteiger partial charge on any atom is -0.324 e. The number of hydrogen-bond acceptors (Lipinski definition) is 6. The van der Waals surface area contributed by atoms with Gasteiger partial charge in [0.1, 0.15) is 5.82 Å². The van der Waals surface area contributed by atoms with E-state index in [0.717, 1.165) is 19.3 Å². The van der Waals surface area contributed by atoms with E-state index in [4.69, 9.17) is 5.14 Å². The Bertz CT molecular complexity index is 957. The van der Waals surface area contributed by atoms with Crippen molar-refractivity contribution in [1.82, 2.24) is 9.97 Å². The summed E-state index contributed by atoms with van der Waals surface area (Å²) in [5, 5.41) is 8.13. The number of sulfonamides is 1. The molecule has 0 saturated carbocycles. The molecule has 0 unspecified atom stereocenters. The van der Waals surface area contributed by atoms with Crippen LogP contribution in [0.5, 0.6) is 0 Å². The minimum atomic E-state index is -3.80. The molecule has 9 heteroatoms. The van der Waals surface area contributed by atoms with Gasteiger partial charge in [0.15, 0.2) is 0 Å². The lowest BCUT2D eigenvalue weighted by molar-refractivity contribution is -0.125. The van der Waals surface area contributed by atoms with E-state index in [2.05, 4.69) is 15.3 Å². The second kappa shape index (κ2) is 7.24. The Hall–Kier alpha value is -2.52. The molecule has 2 aromatic rings. The van der Waals surface area contributed by atoms with Gasteiger partial charge in [-0.2, -0.15) is 4.98 Å². The number of rotatable bonds is 6. The second-order valence-corrected chi connectivity index (χ2v) is 8.19. The molecule has 0 spiro atoms. The Kier molecular flexibility index (Phi) is 5.16. The molecule has 8 nitrogen and oxygen atoms in total. The van der Waals surface area contributed by atoms with Crippen LogP contribution in [0.4, 0.5) is 17.5 Å². The van der Waals surface area contributed by atoms with Crippen LogP contribution in [0.1, 0.15) is 33.1 Å². The number of primary sulfonamides is 1. The number of nitrogens with two attached hydrogens (primary N) is 1. The van der Waals surface area contributed by atoms with Crippen molar-refractivity contribution in [2.45, 2.75) is 38.0 Å². The molecule has 0 aliphatic carbocycles. The van der Waals surface area contributed by atoms with Crippen LogP contribution in [0.15, 0.2) is 41.4 Å². The fraction of sp³-hybridized carbons (Fsp3) is 0.389. The van der Waals surface area contributed by atoms with Crippen molar-refractivity contribution in [3.8, 4) is 0 Å². The average molecular weight is 389 g/mol. The van der Waals surface area contributed by atoms with E-state index in [-0.39, 0.29) is 22.2 Å². The summed E-state index contributed by atoms with van der Waals surface area (Å²) in [6.07, 6.45) is 3.98. The maximum absolute atomic E-state index is 12.9. The van der Waals surface area contributed by atoms with Crippen LogP contribution in [-0.2, 0) is 14.8 Å². The van der Waals surface area contributed by atoms with Gasteiger partial charge in [0.2, 0.25) is 21.9 Å². The summed E-state index contributed by atoms with van der Waals surface area (Å²) in [6.45, 7) is 4.70. The minimum absolute atomic E-state index is 0.00551. The summed E-state index contributed by atoms with van der Waals surface area (Å²) in [4.78, 5) is 23.2. The third-order valence-electron chi connectivity index (χ3n) is 5.20. The zero-order valence-electron chi connectivity index (χ0n) is 15.3. The van der Waals surface area contributed by atoms with Crippen LogP contribution in [0.25, 0.3) is 0 Å². The van der Waals surface area contributed by atoms with Crippen LogP contribution in [-0.4, -0.2) is 30.8 Å². The van der Waals surface area contributed by atoms with Gasteiger partial charge in [-0.15, -0.1) is 0 Å². The maximum Gasteiger partial charge on any atom is 0.238 e. The molecular weight excluding hydrogens is 366 g/mol. The number of hydrogen-bond donors (Lipinski definition) is 2. The number of nitrogens with zero attached hydrogens (tertiary/aromatic N) is 3. The molecule has 1 aromatic heterocycles. The van der Waals surface area contributed by atoms with Crippen LogP contribution >= 0.6 is 0 Å². The van der Waals surface area contributed by atoms with Crippen LogP contribution in [0.2, 0.25) is 0 Å². The first-order chi connectivity index (χ1) is 12.8. The van der Waals surface area contributed by atoms with Gasteiger partial charge in [0.25, 0.3) is 0 Å². The molecule has 144 valence electrons. The van der Waals surface area contributed by atoms with E-state index in [1.165, 1.54) is 12.1 Å². The van der Waals surface area contributed by atoms with Gasteiger partial charge in [-0.1, -0.05) is 19.9 Å². The molecule has 1 saturated heterocycles. The molecule has 1 amide bonds. The number of amides is 1. The third kappa shape index (κ3) is 3.79. The SMILES string of the molecule is CCC1(CC)CCN(c2ccnc(Nc3cccc(S(N)(=O)=O)c3)n2)C1=O. The normalized spacial score (nSPS) is 16.6. The van der Waals surface area contributed by atoms with Gasteiger partial charge in [-0.3, -0.25) is 9.69 Å². The summed E-state index contributed by atoms with van der Waals surface area (Å²) < 4.78 is 23.0. The average Bonchev–Trinajstić information content (AvgIpc) is 2.98. The Morgan fingerprint density at radius 3 is 2.63 bits per heavy atom. The van der Waals surface area contributed by atoms with E-state index < -0.39 is 10.0 Å². The summed E-state index contributed by atoms with van der Waals surface area (Å²) >= 11 is 0. The predicted octanol–water partition coefficient (Wildman–Crippen LogP) is 2.41. The van der Waals surface area contributed by atoms with Gasteiger partial charge in [-0.25, -0.2) is 18.5 Å². The molecule has 3 rings (SSSR count). The van der Waals surface area contributed by atoms with Crippen LogP contribution < -0.4 is 15.4 Å². The lowest BCUT2D eigenvalue weighted by Crippen LogP contribution is -2.34. The molecule has 1 fully saturated rings. The third-order valence-corrected chi connectivity index (χ3v) is 6.11. The summed E-state index contributed by atoms with van der Waals surface area (Å²) in [5.74, 6) is 0.898. The Balaban J connectivity index is 1.84. The maximum atomic E-state index is 12.9. The van der Waals surface area contributed by atoms with Crippen LogP contribution in [0.3, 0.4) is 0 Å². The van der Waals surface area contributed by atoms with Gasteiger partial charge in [0, 0.05) is 18.4 Å². The molecule has 0 radical (unpaired) electrons. The van der Waals surface area contributed by atoms with Crippen molar-refractivity contribution in [2.75, 3.05) is 16.8 Å². The topological polar surface area (TPSA) is 118 Å². The number of carbonyl (C=O) groups excluding carboxylic acids is 1. The fourth-order valence-electron chi connectivity index (χ4n) is 3.38. The van der Waals surface area contributed by atoms with Crippen LogP contribution in [0, 0.1) is 5.41 Å². The summed E-state index contributed by atoms with van der Waals surface area (Å²) in [7, 11) is -3.80. The molecule has 1 aliphatic rings. The van der Waals surface area contributed by atoms with Crippen molar-refractivity contribution in [3.05, 3.63) is 36.5 Å². The van der Waals surface area contributed by atoms with Crippen molar-refractivity contribution in [2.24, 2.45) is 10.6 Å². The predicted molar refractivity (Wildman–Crippen MR) is 103 cm³/mol. The second-order valence-electron chi connectivity index (χ2n) is 6.63. The van der Waals surface area contributed by atoms with Crippen molar-refractivity contribution in [1.29, 1.82) is 0 Å². The van der Waals surface area contributed by atoms with E-state index >= 15 is 0 Å². The number of nitrogens with one attached hydrogen (secondary N) is 1. The lowest BCUT2D eigenvalue weighted by atomic mass is 9.81. The number of aromatic nitrogens is 2. The number of carbonyl (C=O) groups is 1. The Labute approximate surface area is 158 Å². The van der Waals surface area contributed by atoms with Gasteiger partial charge in [0.05, 0.1) is 10.3 Å². The van der Waals surface area contributed by atoms with E-state index in [0.29, 0.717) is 18.1 Å². The fourth-order valence-corrected chi connectivity index (χ4v) is 3.94.